The summed E-state index contributed by atoms with van der Waals surface area (Å²) in [6.07, 6.45) is 6.94. The lowest BCUT2D eigenvalue weighted by atomic mass is 10.1. The van der Waals surface area contributed by atoms with Gasteiger partial charge in [-0.25, -0.2) is 19.9 Å². The van der Waals surface area contributed by atoms with Crippen molar-refractivity contribution >= 4 is 23.2 Å². The highest BCUT2D eigenvalue weighted by molar-refractivity contribution is 5.96. The van der Waals surface area contributed by atoms with E-state index in [2.05, 4.69) is 30.2 Å². The first-order valence-electron chi connectivity index (χ1n) is 9.42. The van der Waals surface area contributed by atoms with Gasteiger partial charge in [-0.1, -0.05) is 0 Å². The van der Waals surface area contributed by atoms with Crippen LogP contribution in [-0.2, 0) is 0 Å². The molecule has 1 aliphatic rings. The Bertz CT molecular complexity index is 993. The van der Waals surface area contributed by atoms with Crippen molar-refractivity contribution in [3.63, 3.8) is 0 Å². The molecule has 1 aromatic carbocycles. The third-order valence-electron chi connectivity index (χ3n) is 4.75. The van der Waals surface area contributed by atoms with Gasteiger partial charge in [-0.05, 0) is 43.2 Å². The summed E-state index contributed by atoms with van der Waals surface area (Å²) in [4.78, 5) is 31.2. The molecule has 9 nitrogen and oxygen atoms in total. The van der Waals surface area contributed by atoms with Gasteiger partial charge in [-0.15, -0.1) is 0 Å². The van der Waals surface area contributed by atoms with Gasteiger partial charge < -0.3 is 21.7 Å². The van der Waals surface area contributed by atoms with Crippen LogP contribution < -0.4 is 21.7 Å². The molecule has 3 heterocycles. The van der Waals surface area contributed by atoms with Crippen molar-refractivity contribution in [2.75, 3.05) is 23.3 Å². The number of benzene rings is 1. The summed E-state index contributed by atoms with van der Waals surface area (Å²) in [6, 6.07) is 9.38. The third-order valence-corrected chi connectivity index (χ3v) is 4.75. The minimum absolute atomic E-state index is 0.0885. The predicted octanol–water partition coefficient (Wildman–Crippen LogP) is 1.70. The molecule has 9 heteroatoms. The molecule has 0 saturated carbocycles. The zero-order valence-electron chi connectivity index (χ0n) is 15.8. The average molecular weight is 390 g/mol. The van der Waals surface area contributed by atoms with Crippen molar-refractivity contribution in [3.8, 4) is 11.4 Å². The van der Waals surface area contributed by atoms with Crippen LogP contribution in [0.2, 0.25) is 0 Å². The quantitative estimate of drug-likeness (QED) is 0.599. The Kier molecular flexibility index (Phi) is 5.30. The van der Waals surface area contributed by atoms with E-state index in [0.29, 0.717) is 24.0 Å². The van der Waals surface area contributed by atoms with Crippen LogP contribution in [0.1, 0.15) is 23.3 Å². The molecule has 1 unspecified atom stereocenters. The Hall–Kier alpha value is -3.59. The lowest BCUT2D eigenvalue weighted by Crippen LogP contribution is -2.43. The predicted molar refractivity (Wildman–Crippen MR) is 111 cm³/mol. The van der Waals surface area contributed by atoms with Gasteiger partial charge in [0.25, 0.3) is 5.91 Å². The normalized spacial score (nSPS) is 16.4. The van der Waals surface area contributed by atoms with Gasteiger partial charge in [0, 0.05) is 42.8 Å². The summed E-state index contributed by atoms with van der Waals surface area (Å²) in [5.74, 6) is 0.983. The molecule has 3 aromatic rings. The maximum Gasteiger partial charge on any atom is 0.271 e. The van der Waals surface area contributed by atoms with Crippen LogP contribution in [0.4, 0.5) is 17.3 Å². The second-order valence-electron chi connectivity index (χ2n) is 6.91. The molecule has 0 bridgehead atoms. The number of carbonyl (C=O) groups is 1. The highest BCUT2D eigenvalue weighted by atomic mass is 16.1. The van der Waals surface area contributed by atoms with Crippen molar-refractivity contribution in [2.45, 2.75) is 18.9 Å². The zero-order valence-corrected chi connectivity index (χ0v) is 15.8. The number of aromatic nitrogens is 4. The van der Waals surface area contributed by atoms with E-state index in [1.54, 1.807) is 24.7 Å². The average Bonchev–Trinajstić information content (AvgIpc) is 2.75. The summed E-state index contributed by atoms with van der Waals surface area (Å²) < 4.78 is 0. The Labute approximate surface area is 168 Å². The Morgan fingerprint density at radius 2 is 1.90 bits per heavy atom. The highest BCUT2D eigenvalue weighted by Gasteiger charge is 2.21. The fraction of sp³-hybridized carbons (Fsp3) is 0.250. The lowest BCUT2D eigenvalue weighted by Gasteiger charge is -2.31. The lowest BCUT2D eigenvalue weighted by molar-refractivity contribution is 0.0996. The Morgan fingerprint density at radius 1 is 1.14 bits per heavy atom. The number of nitrogens with one attached hydrogen (secondary N) is 1. The molecule has 1 aliphatic heterocycles. The minimum atomic E-state index is -0.642. The van der Waals surface area contributed by atoms with Crippen LogP contribution in [0.25, 0.3) is 11.4 Å². The maximum absolute atomic E-state index is 11.8. The zero-order chi connectivity index (χ0) is 20.2. The maximum atomic E-state index is 11.8. The summed E-state index contributed by atoms with van der Waals surface area (Å²) in [6.45, 7) is 1.55. The van der Waals surface area contributed by atoms with E-state index in [4.69, 9.17) is 11.5 Å². The second-order valence-corrected chi connectivity index (χ2v) is 6.91. The summed E-state index contributed by atoms with van der Waals surface area (Å²) >= 11 is 0. The van der Waals surface area contributed by atoms with Gasteiger partial charge in [-0.3, -0.25) is 4.79 Å². The van der Waals surface area contributed by atoms with Crippen molar-refractivity contribution in [1.82, 2.24) is 19.9 Å². The molecule has 148 valence electrons. The number of carbonyl (C=O) groups excluding carboxylic acids is 1. The molecule has 1 amide bonds. The van der Waals surface area contributed by atoms with Gasteiger partial charge in [-0.2, -0.15) is 0 Å². The van der Waals surface area contributed by atoms with Crippen LogP contribution in [-0.4, -0.2) is 45.0 Å². The van der Waals surface area contributed by atoms with Crippen LogP contribution >= 0.6 is 0 Å². The number of amides is 1. The van der Waals surface area contributed by atoms with Gasteiger partial charge in [0.2, 0.25) is 0 Å². The van der Waals surface area contributed by atoms with E-state index in [1.165, 1.54) is 0 Å². The van der Waals surface area contributed by atoms with E-state index in [-0.39, 0.29) is 11.7 Å². The first-order valence-corrected chi connectivity index (χ1v) is 9.42. The van der Waals surface area contributed by atoms with E-state index in [9.17, 15) is 4.79 Å². The Morgan fingerprint density at radius 3 is 2.59 bits per heavy atom. The number of nitrogens with two attached hydrogens (primary N) is 2. The largest absolute Gasteiger partial charge is 0.364 e. The SMILES string of the molecule is NC(=O)c1ncc(N2CCCC(N)C2)nc1Nc1ccc(-c2ncccn2)cc1. The van der Waals surface area contributed by atoms with E-state index in [1.807, 2.05) is 24.3 Å². The molecule has 2 aromatic heterocycles. The molecule has 0 aliphatic carbocycles. The first-order chi connectivity index (χ1) is 14.1. The fourth-order valence-corrected chi connectivity index (χ4v) is 3.31. The topological polar surface area (TPSA) is 136 Å². The molecule has 1 atom stereocenters. The van der Waals surface area contributed by atoms with Crippen molar-refractivity contribution in [3.05, 3.63) is 54.6 Å². The molecule has 5 N–H and O–H groups in total. The van der Waals surface area contributed by atoms with E-state index in [0.717, 1.165) is 30.6 Å². The number of rotatable bonds is 5. The second kappa shape index (κ2) is 8.19. The number of primary amides is 1. The molecule has 1 saturated heterocycles. The van der Waals surface area contributed by atoms with Gasteiger partial charge in [0.05, 0.1) is 6.20 Å². The monoisotopic (exact) mass is 390 g/mol. The molecule has 4 rings (SSSR count). The molecule has 0 radical (unpaired) electrons. The van der Waals surface area contributed by atoms with Gasteiger partial charge in [0.1, 0.15) is 5.82 Å². The van der Waals surface area contributed by atoms with E-state index >= 15 is 0 Å². The number of piperidine rings is 1. The van der Waals surface area contributed by atoms with E-state index < -0.39 is 5.91 Å². The van der Waals surface area contributed by atoms with Crippen LogP contribution in [0.5, 0.6) is 0 Å². The summed E-state index contributed by atoms with van der Waals surface area (Å²) in [5, 5.41) is 3.15. The number of nitrogens with zero attached hydrogens (tertiary/aromatic N) is 5. The summed E-state index contributed by atoms with van der Waals surface area (Å²) in [7, 11) is 0. The van der Waals surface area contributed by atoms with Crippen LogP contribution in [0.15, 0.2) is 48.9 Å². The fourth-order valence-electron chi connectivity index (χ4n) is 3.31. The molecular formula is C20H22N8O. The third kappa shape index (κ3) is 4.30. The van der Waals surface area contributed by atoms with Gasteiger partial charge >= 0.3 is 0 Å². The van der Waals surface area contributed by atoms with Crippen molar-refractivity contribution < 1.29 is 4.79 Å². The van der Waals surface area contributed by atoms with Crippen molar-refractivity contribution in [1.29, 1.82) is 0 Å². The number of anilines is 3. The van der Waals surface area contributed by atoms with Crippen LogP contribution in [0, 0.1) is 0 Å². The van der Waals surface area contributed by atoms with Crippen molar-refractivity contribution in [2.24, 2.45) is 11.5 Å². The number of hydrogen-bond acceptors (Lipinski definition) is 8. The molecular weight excluding hydrogens is 368 g/mol. The first kappa shape index (κ1) is 18.8. The minimum Gasteiger partial charge on any atom is -0.364 e. The molecule has 1 fully saturated rings. The molecule has 29 heavy (non-hydrogen) atoms. The van der Waals surface area contributed by atoms with Crippen LogP contribution in [0.3, 0.4) is 0 Å². The highest BCUT2D eigenvalue weighted by Crippen LogP contribution is 2.24. The standard InChI is InChI=1S/C20H22N8O/c21-14-3-1-10-28(12-14)16-11-25-17(18(22)29)20(27-16)26-15-6-4-13(5-7-15)19-23-8-2-9-24-19/h2,4-9,11,14H,1,3,10,12,21H2,(H2,22,29)(H,26,27). The smallest absolute Gasteiger partial charge is 0.271 e. The molecule has 0 spiro atoms. The number of hydrogen-bond donors (Lipinski definition) is 3. The van der Waals surface area contributed by atoms with Gasteiger partial charge in [0.15, 0.2) is 17.3 Å². The summed E-state index contributed by atoms with van der Waals surface area (Å²) in [5.41, 5.74) is 13.3. The Balaban J connectivity index is 1.59.